The number of primary sulfonamides is 1. The molecule has 0 spiro atoms. The van der Waals surface area contributed by atoms with Crippen molar-refractivity contribution in [1.29, 1.82) is 0 Å². The first kappa shape index (κ1) is 12.8. The molecule has 7 heteroatoms. The number of anilines is 1. The molecule has 19 heavy (non-hydrogen) atoms. The Hall–Kier alpha value is -1.18. The van der Waals surface area contributed by atoms with Gasteiger partial charge in [0.25, 0.3) is 0 Å². The minimum absolute atomic E-state index is 0.0608. The predicted molar refractivity (Wildman–Crippen MR) is 72.4 cm³/mol. The molecule has 2 aliphatic heterocycles. The van der Waals surface area contributed by atoms with Gasteiger partial charge in [0, 0.05) is 31.4 Å². The average Bonchev–Trinajstić information content (AvgIpc) is 2.68. The summed E-state index contributed by atoms with van der Waals surface area (Å²) >= 11 is 0. The number of sulfonamides is 1. The molecule has 2 atom stereocenters. The highest BCUT2D eigenvalue weighted by molar-refractivity contribution is 7.89. The third kappa shape index (κ3) is 2.72. The number of nitrogens with two attached hydrogens (primary N) is 1. The molecule has 2 aliphatic rings. The summed E-state index contributed by atoms with van der Waals surface area (Å²) in [5.74, 6) is 0.821. The molecule has 3 rings (SSSR count). The van der Waals surface area contributed by atoms with Gasteiger partial charge in [-0.05, 0) is 31.4 Å². The summed E-state index contributed by atoms with van der Waals surface area (Å²) < 4.78 is 22.4. The van der Waals surface area contributed by atoms with E-state index in [-0.39, 0.29) is 4.90 Å². The van der Waals surface area contributed by atoms with Crippen LogP contribution in [0.15, 0.2) is 23.2 Å². The smallest absolute Gasteiger partial charge is 0.239 e. The summed E-state index contributed by atoms with van der Waals surface area (Å²) in [7, 11) is -3.66. The second kappa shape index (κ2) is 4.73. The van der Waals surface area contributed by atoms with Crippen LogP contribution < -0.4 is 15.4 Å². The van der Waals surface area contributed by atoms with Crippen molar-refractivity contribution in [3.63, 3.8) is 0 Å². The summed E-state index contributed by atoms with van der Waals surface area (Å²) in [6.07, 6.45) is 4.91. The topological polar surface area (TPSA) is 88.3 Å². The molecule has 0 radical (unpaired) electrons. The Balaban J connectivity index is 1.79. The van der Waals surface area contributed by atoms with Crippen molar-refractivity contribution < 1.29 is 8.42 Å². The van der Waals surface area contributed by atoms with Gasteiger partial charge in [0.15, 0.2) is 0 Å². The van der Waals surface area contributed by atoms with Gasteiger partial charge >= 0.3 is 0 Å². The summed E-state index contributed by atoms with van der Waals surface area (Å²) in [6.45, 7) is 1.88. The molecule has 0 aliphatic carbocycles. The van der Waals surface area contributed by atoms with Gasteiger partial charge in [0.1, 0.15) is 10.7 Å². The van der Waals surface area contributed by atoms with E-state index in [9.17, 15) is 8.42 Å². The first-order chi connectivity index (χ1) is 9.02. The fourth-order valence-corrected chi connectivity index (χ4v) is 3.34. The van der Waals surface area contributed by atoms with Crippen LogP contribution in [-0.2, 0) is 10.0 Å². The molecular weight excluding hydrogens is 264 g/mol. The normalized spacial score (nSPS) is 27.3. The van der Waals surface area contributed by atoms with Gasteiger partial charge in [-0.1, -0.05) is 0 Å². The largest absolute Gasteiger partial charge is 0.355 e. The average molecular weight is 282 g/mol. The summed E-state index contributed by atoms with van der Waals surface area (Å²) in [5, 5.41) is 8.67. The molecule has 2 bridgehead atoms. The third-order valence-electron chi connectivity index (χ3n) is 3.90. The Morgan fingerprint density at radius 1 is 1.26 bits per heavy atom. The number of nitrogens with zero attached hydrogens (tertiary/aromatic N) is 2. The van der Waals surface area contributed by atoms with Crippen LogP contribution in [0.1, 0.15) is 19.3 Å². The van der Waals surface area contributed by atoms with Gasteiger partial charge < -0.3 is 10.2 Å². The Labute approximate surface area is 113 Å². The molecule has 0 saturated carbocycles. The van der Waals surface area contributed by atoms with E-state index < -0.39 is 10.0 Å². The molecular formula is C12H18N4O2S. The van der Waals surface area contributed by atoms with E-state index in [1.807, 2.05) is 0 Å². The zero-order chi connectivity index (χ0) is 13.5. The molecule has 3 heterocycles. The molecule has 0 amide bonds. The van der Waals surface area contributed by atoms with Gasteiger partial charge in [-0.25, -0.2) is 18.5 Å². The zero-order valence-corrected chi connectivity index (χ0v) is 11.4. The highest BCUT2D eigenvalue weighted by atomic mass is 32.2. The predicted octanol–water partition coefficient (Wildman–Crippen LogP) is 0.0597. The van der Waals surface area contributed by atoms with Gasteiger partial charge in [0.05, 0.1) is 0 Å². The number of nitrogens with one attached hydrogen (secondary N) is 1. The number of aromatic nitrogens is 1. The molecule has 1 aromatic rings. The quantitative estimate of drug-likeness (QED) is 0.801. The summed E-state index contributed by atoms with van der Waals surface area (Å²) in [4.78, 5) is 6.51. The van der Waals surface area contributed by atoms with Crippen LogP contribution in [0.2, 0.25) is 0 Å². The third-order valence-corrected chi connectivity index (χ3v) is 4.80. The maximum absolute atomic E-state index is 11.2. The number of fused-ring (bicyclic) bond motifs is 2. The van der Waals surface area contributed by atoms with Crippen LogP contribution in [0.25, 0.3) is 0 Å². The van der Waals surface area contributed by atoms with Gasteiger partial charge in [-0.2, -0.15) is 0 Å². The number of rotatable bonds is 2. The highest BCUT2D eigenvalue weighted by Crippen LogP contribution is 2.23. The molecule has 104 valence electrons. The van der Waals surface area contributed by atoms with Crippen molar-refractivity contribution in [2.75, 3.05) is 18.0 Å². The number of hydrogen-bond acceptors (Lipinski definition) is 5. The van der Waals surface area contributed by atoms with E-state index >= 15 is 0 Å². The first-order valence-electron chi connectivity index (χ1n) is 6.52. The molecule has 3 N–H and O–H groups in total. The fourth-order valence-electron chi connectivity index (χ4n) is 2.88. The van der Waals surface area contributed by atoms with Gasteiger partial charge in [-0.15, -0.1) is 0 Å². The number of hydrogen-bond donors (Lipinski definition) is 2. The Kier molecular flexibility index (Phi) is 3.20. The van der Waals surface area contributed by atoms with E-state index in [1.165, 1.54) is 25.1 Å². The van der Waals surface area contributed by atoms with Crippen LogP contribution in [0.4, 0.5) is 5.82 Å². The molecule has 2 unspecified atom stereocenters. The number of pyridine rings is 1. The second-order valence-electron chi connectivity index (χ2n) is 5.27. The van der Waals surface area contributed by atoms with E-state index in [1.54, 1.807) is 6.07 Å². The van der Waals surface area contributed by atoms with E-state index in [2.05, 4.69) is 15.2 Å². The minimum Gasteiger partial charge on any atom is -0.355 e. The fraction of sp³-hybridized carbons (Fsp3) is 0.583. The molecule has 1 aromatic heterocycles. The molecule has 2 fully saturated rings. The Bertz CT molecular complexity index is 558. The van der Waals surface area contributed by atoms with E-state index in [4.69, 9.17) is 5.14 Å². The van der Waals surface area contributed by atoms with Gasteiger partial charge in [0.2, 0.25) is 10.0 Å². The van der Waals surface area contributed by atoms with Crippen LogP contribution in [0.3, 0.4) is 0 Å². The lowest BCUT2D eigenvalue weighted by Gasteiger charge is -2.25. The van der Waals surface area contributed by atoms with Crippen LogP contribution in [-0.4, -0.2) is 38.6 Å². The zero-order valence-electron chi connectivity index (χ0n) is 10.6. The Morgan fingerprint density at radius 2 is 2.05 bits per heavy atom. The summed E-state index contributed by atoms with van der Waals surface area (Å²) in [6, 6.07) is 4.40. The van der Waals surface area contributed by atoms with Crippen molar-refractivity contribution in [3.05, 3.63) is 18.3 Å². The van der Waals surface area contributed by atoms with Crippen LogP contribution >= 0.6 is 0 Å². The standard InChI is InChI=1S/C12H18N4O2S/c13-19(17,18)11-3-4-12(14-7-11)16-6-5-9-1-2-10(8-16)15-9/h3-4,7,9-10,15H,1-2,5-6,8H2,(H2,13,17,18). The molecule has 0 aromatic carbocycles. The maximum Gasteiger partial charge on any atom is 0.239 e. The monoisotopic (exact) mass is 282 g/mol. The van der Waals surface area contributed by atoms with Crippen LogP contribution in [0, 0.1) is 0 Å². The maximum atomic E-state index is 11.2. The van der Waals surface area contributed by atoms with Gasteiger partial charge in [-0.3, -0.25) is 0 Å². The lowest BCUT2D eigenvalue weighted by Crippen LogP contribution is -2.35. The first-order valence-corrected chi connectivity index (χ1v) is 8.07. The lowest BCUT2D eigenvalue weighted by molar-refractivity contribution is 0.563. The Morgan fingerprint density at radius 3 is 2.74 bits per heavy atom. The molecule has 2 saturated heterocycles. The minimum atomic E-state index is -3.66. The van der Waals surface area contributed by atoms with Crippen molar-refractivity contribution >= 4 is 15.8 Å². The lowest BCUT2D eigenvalue weighted by atomic mass is 10.1. The second-order valence-corrected chi connectivity index (χ2v) is 6.83. The van der Waals surface area contributed by atoms with Crippen molar-refractivity contribution in [1.82, 2.24) is 10.3 Å². The molecule has 6 nitrogen and oxygen atoms in total. The van der Waals surface area contributed by atoms with Crippen LogP contribution in [0.5, 0.6) is 0 Å². The summed E-state index contributed by atoms with van der Waals surface area (Å²) in [5.41, 5.74) is 0. The highest BCUT2D eigenvalue weighted by Gasteiger charge is 2.29. The van der Waals surface area contributed by atoms with E-state index in [0.29, 0.717) is 12.1 Å². The van der Waals surface area contributed by atoms with Crippen molar-refractivity contribution in [2.45, 2.75) is 36.2 Å². The SMILES string of the molecule is NS(=O)(=O)c1ccc(N2CCC3CCC(C2)N3)nc1. The van der Waals surface area contributed by atoms with Crippen molar-refractivity contribution in [3.8, 4) is 0 Å². The van der Waals surface area contributed by atoms with Crippen molar-refractivity contribution in [2.24, 2.45) is 5.14 Å². The van der Waals surface area contributed by atoms with E-state index in [0.717, 1.165) is 25.3 Å².